The molecule has 0 radical (unpaired) electrons. The summed E-state index contributed by atoms with van der Waals surface area (Å²) in [6.45, 7) is 11.1. The van der Waals surface area contributed by atoms with Crippen molar-refractivity contribution in [3.8, 4) is 0 Å². The predicted octanol–water partition coefficient (Wildman–Crippen LogP) is 4.05. The van der Waals surface area contributed by atoms with E-state index in [1.165, 1.54) is 10.4 Å². The molecule has 1 aliphatic rings. The van der Waals surface area contributed by atoms with Gasteiger partial charge in [0.1, 0.15) is 0 Å². The van der Waals surface area contributed by atoms with Crippen molar-refractivity contribution < 1.29 is 14.3 Å². The maximum absolute atomic E-state index is 10.3. The molecule has 1 saturated heterocycles. The third-order valence-electron chi connectivity index (χ3n) is 5.88. The lowest BCUT2D eigenvalue weighted by molar-refractivity contribution is -0.0453. The van der Waals surface area contributed by atoms with Crippen molar-refractivity contribution in [2.24, 2.45) is 0 Å². The number of benzene rings is 2. The fourth-order valence-corrected chi connectivity index (χ4v) is 9.03. The molecule has 1 heterocycles. The van der Waals surface area contributed by atoms with Gasteiger partial charge in [-0.15, -0.1) is 6.58 Å². The van der Waals surface area contributed by atoms with E-state index in [9.17, 15) is 5.11 Å². The fraction of sp³-hybridized carbons (Fsp3) is 0.440. The molecule has 1 fully saturated rings. The van der Waals surface area contributed by atoms with Crippen molar-refractivity contribution in [1.29, 1.82) is 0 Å². The maximum Gasteiger partial charge on any atom is 0.261 e. The SMILES string of the molecule is C=CC[C@H](O)[C@@H]1CC[C@@H](CO[Si](c2ccccc2)(c2ccccc2)C(C)(C)C)O1. The van der Waals surface area contributed by atoms with Crippen LogP contribution >= 0.6 is 0 Å². The fourth-order valence-electron chi connectivity index (χ4n) is 4.44. The van der Waals surface area contributed by atoms with Crippen LogP contribution < -0.4 is 10.4 Å². The highest BCUT2D eigenvalue weighted by atomic mass is 28.4. The Morgan fingerprint density at radius 3 is 2.10 bits per heavy atom. The molecule has 0 bridgehead atoms. The Hall–Kier alpha value is -1.72. The van der Waals surface area contributed by atoms with Crippen molar-refractivity contribution in [2.75, 3.05) is 6.61 Å². The first-order valence-electron chi connectivity index (χ1n) is 10.6. The van der Waals surface area contributed by atoms with Gasteiger partial charge in [0, 0.05) is 0 Å². The molecule has 3 atom stereocenters. The molecular formula is C25H34O3Si. The quantitative estimate of drug-likeness (QED) is 0.527. The molecule has 0 saturated carbocycles. The summed E-state index contributed by atoms with van der Waals surface area (Å²) in [5.74, 6) is 0. The van der Waals surface area contributed by atoms with Gasteiger partial charge in [0.25, 0.3) is 8.32 Å². The Morgan fingerprint density at radius 1 is 1.07 bits per heavy atom. The summed E-state index contributed by atoms with van der Waals surface area (Å²) in [5.41, 5.74) is 0. The molecular weight excluding hydrogens is 376 g/mol. The third kappa shape index (κ3) is 4.72. The monoisotopic (exact) mass is 410 g/mol. The summed E-state index contributed by atoms with van der Waals surface area (Å²) < 4.78 is 13.1. The Kier molecular flexibility index (Phi) is 7.12. The van der Waals surface area contributed by atoms with Crippen LogP contribution in [0.4, 0.5) is 0 Å². The summed E-state index contributed by atoms with van der Waals surface area (Å²) in [5, 5.41) is 12.8. The van der Waals surface area contributed by atoms with E-state index < -0.39 is 14.4 Å². The lowest BCUT2D eigenvalue weighted by Gasteiger charge is -2.43. The van der Waals surface area contributed by atoms with Gasteiger partial charge in [-0.1, -0.05) is 87.5 Å². The van der Waals surface area contributed by atoms with Crippen LogP contribution in [-0.2, 0) is 9.16 Å². The van der Waals surface area contributed by atoms with Crippen LogP contribution in [-0.4, -0.2) is 38.3 Å². The molecule has 1 N–H and O–H groups in total. The molecule has 3 nitrogen and oxygen atoms in total. The zero-order valence-electron chi connectivity index (χ0n) is 17.9. The van der Waals surface area contributed by atoms with Crippen molar-refractivity contribution in [3.63, 3.8) is 0 Å². The van der Waals surface area contributed by atoms with E-state index in [-0.39, 0.29) is 17.2 Å². The van der Waals surface area contributed by atoms with Gasteiger partial charge in [-0.3, -0.25) is 0 Å². The summed E-state index contributed by atoms with van der Waals surface area (Å²) >= 11 is 0. The second kappa shape index (κ2) is 9.39. The normalized spacial score (nSPS) is 21.1. The second-order valence-electron chi connectivity index (χ2n) is 8.94. The molecule has 0 spiro atoms. The maximum atomic E-state index is 10.3. The lowest BCUT2D eigenvalue weighted by atomic mass is 10.1. The molecule has 29 heavy (non-hydrogen) atoms. The van der Waals surface area contributed by atoms with Gasteiger partial charge in [-0.05, 0) is 34.7 Å². The highest BCUT2D eigenvalue weighted by Crippen LogP contribution is 2.37. The Bertz CT molecular complexity index is 730. The van der Waals surface area contributed by atoms with E-state index in [0.29, 0.717) is 13.0 Å². The highest BCUT2D eigenvalue weighted by molar-refractivity contribution is 6.99. The molecule has 2 aromatic carbocycles. The number of aliphatic hydroxyl groups is 1. The first-order valence-corrected chi connectivity index (χ1v) is 12.5. The lowest BCUT2D eigenvalue weighted by Crippen LogP contribution is -2.67. The van der Waals surface area contributed by atoms with Gasteiger partial charge >= 0.3 is 0 Å². The minimum absolute atomic E-state index is 0.0149. The molecule has 3 rings (SSSR count). The topological polar surface area (TPSA) is 38.7 Å². The van der Waals surface area contributed by atoms with Gasteiger partial charge in [0.05, 0.1) is 24.9 Å². The molecule has 156 valence electrons. The number of ether oxygens (including phenoxy) is 1. The van der Waals surface area contributed by atoms with E-state index in [1.54, 1.807) is 6.08 Å². The average molecular weight is 411 g/mol. The Labute approximate surface area is 176 Å². The summed E-state index contributed by atoms with van der Waals surface area (Å²) in [6, 6.07) is 21.3. The first-order chi connectivity index (χ1) is 13.9. The van der Waals surface area contributed by atoms with E-state index in [2.05, 4.69) is 88.0 Å². The van der Waals surface area contributed by atoms with E-state index in [4.69, 9.17) is 9.16 Å². The van der Waals surface area contributed by atoms with Crippen LogP contribution in [0.2, 0.25) is 5.04 Å². The number of aliphatic hydroxyl groups excluding tert-OH is 1. The second-order valence-corrected chi connectivity index (χ2v) is 13.2. The van der Waals surface area contributed by atoms with E-state index in [0.717, 1.165) is 12.8 Å². The minimum atomic E-state index is -2.54. The molecule has 0 aliphatic carbocycles. The molecule has 0 amide bonds. The predicted molar refractivity (Wildman–Crippen MR) is 122 cm³/mol. The third-order valence-corrected chi connectivity index (χ3v) is 10.9. The van der Waals surface area contributed by atoms with Gasteiger partial charge < -0.3 is 14.3 Å². The first kappa shape index (κ1) is 22.0. The Morgan fingerprint density at radius 2 is 1.62 bits per heavy atom. The van der Waals surface area contributed by atoms with E-state index >= 15 is 0 Å². The summed E-state index contributed by atoms with van der Waals surface area (Å²) in [7, 11) is -2.54. The van der Waals surface area contributed by atoms with Gasteiger partial charge in [0.2, 0.25) is 0 Å². The van der Waals surface area contributed by atoms with E-state index in [1.807, 2.05) is 0 Å². The number of hydrogen-bond acceptors (Lipinski definition) is 3. The van der Waals surface area contributed by atoms with Crippen LogP contribution in [0.25, 0.3) is 0 Å². The van der Waals surface area contributed by atoms with Gasteiger partial charge in [0.15, 0.2) is 0 Å². The summed E-state index contributed by atoms with van der Waals surface area (Å²) in [6.07, 6.45) is 3.50. The van der Waals surface area contributed by atoms with Crippen LogP contribution in [0.5, 0.6) is 0 Å². The minimum Gasteiger partial charge on any atom is -0.405 e. The largest absolute Gasteiger partial charge is 0.405 e. The van der Waals surface area contributed by atoms with Crippen molar-refractivity contribution in [3.05, 3.63) is 73.3 Å². The molecule has 0 aromatic heterocycles. The zero-order valence-corrected chi connectivity index (χ0v) is 18.9. The molecule has 2 aromatic rings. The van der Waals surface area contributed by atoms with Crippen molar-refractivity contribution in [2.45, 2.75) is 63.4 Å². The van der Waals surface area contributed by atoms with Crippen LogP contribution in [0, 0.1) is 0 Å². The standard InChI is InChI=1S/C25H34O3Si/c1-5-12-23(26)24-18-17-20(28-24)19-27-29(25(2,3)4,21-13-8-6-9-14-21)22-15-10-7-11-16-22/h5-11,13-16,20,23-24,26H,1,12,17-19H2,2-4H3/t20-,23-,24-/m0/s1. The Balaban J connectivity index is 1.88. The highest BCUT2D eigenvalue weighted by Gasteiger charge is 2.50. The van der Waals surface area contributed by atoms with Crippen molar-refractivity contribution >= 4 is 18.7 Å². The molecule has 1 aliphatic heterocycles. The smallest absolute Gasteiger partial charge is 0.261 e. The summed E-state index contributed by atoms with van der Waals surface area (Å²) in [4.78, 5) is 0. The van der Waals surface area contributed by atoms with Crippen molar-refractivity contribution in [1.82, 2.24) is 0 Å². The number of rotatable bonds is 8. The van der Waals surface area contributed by atoms with Crippen LogP contribution in [0.1, 0.15) is 40.0 Å². The van der Waals surface area contributed by atoms with Crippen LogP contribution in [0.15, 0.2) is 73.3 Å². The zero-order chi connectivity index (χ0) is 20.9. The molecule has 4 heteroatoms. The van der Waals surface area contributed by atoms with Gasteiger partial charge in [-0.25, -0.2) is 0 Å². The number of hydrogen-bond donors (Lipinski definition) is 1. The van der Waals surface area contributed by atoms with Crippen LogP contribution in [0.3, 0.4) is 0 Å². The molecule has 0 unspecified atom stereocenters. The van der Waals surface area contributed by atoms with Gasteiger partial charge in [-0.2, -0.15) is 0 Å². The average Bonchev–Trinajstić information content (AvgIpc) is 3.18.